The van der Waals surface area contributed by atoms with Crippen LogP contribution in [-0.2, 0) is 9.47 Å². The van der Waals surface area contributed by atoms with Gasteiger partial charge in [0.15, 0.2) is 0 Å². The summed E-state index contributed by atoms with van der Waals surface area (Å²) in [5.41, 5.74) is 2.62. The van der Waals surface area contributed by atoms with Gasteiger partial charge in [-0.1, -0.05) is 60.7 Å². The van der Waals surface area contributed by atoms with Crippen molar-refractivity contribution in [1.82, 2.24) is 4.90 Å². The highest BCUT2D eigenvalue weighted by molar-refractivity contribution is 5.22. The number of morpholine rings is 1. The molecule has 0 bridgehead atoms. The van der Waals surface area contributed by atoms with E-state index in [-0.39, 0.29) is 6.10 Å². The van der Waals surface area contributed by atoms with E-state index in [0.29, 0.717) is 6.04 Å². The lowest BCUT2D eigenvalue weighted by molar-refractivity contribution is -0.0116. The van der Waals surface area contributed by atoms with Gasteiger partial charge >= 0.3 is 0 Å². The van der Waals surface area contributed by atoms with Crippen molar-refractivity contribution in [2.75, 3.05) is 32.9 Å². The molecule has 1 heterocycles. The molecule has 1 saturated heterocycles. The monoisotopic (exact) mass is 325 g/mol. The average Bonchev–Trinajstić information content (AvgIpc) is 2.67. The molecule has 0 spiro atoms. The van der Waals surface area contributed by atoms with Gasteiger partial charge in [0, 0.05) is 25.7 Å². The van der Waals surface area contributed by atoms with Crippen molar-refractivity contribution in [2.45, 2.75) is 25.5 Å². The van der Waals surface area contributed by atoms with Crippen molar-refractivity contribution in [3.63, 3.8) is 0 Å². The van der Waals surface area contributed by atoms with Crippen LogP contribution in [0.1, 0.15) is 36.6 Å². The molecule has 0 radical (unpaired) electrons. The first-order valence-corrected chi connectivity index (χ1v) is 8.91. The van der Waals surface area contributed by atoms with Crippen LogP contribution in [0.5, 0.6) is 0 Å². The Hall–Kier alpha value is -1.68. The molecule has 2 aromatic carbocycles. The van der Waals surface area contributed by atoms with Crippen molar-refractivity contribution in [1.29, 1.82) is 0 Å². The van der Waals surface area contributed by atoms with Gasteiger partial charge in [-0.25, -0.2) is 0 Å². The molecule has 24 heavy (non-hydrogen) atoms. The minimum Gasteiger partial charge on any atom is -0.379 e. The van der Waals surface area contributed by atoms with E-state index in [9.17, 15) is 0 Å². The second-order valence-electron chi connectivity index (χ2n) is 6.17. The molecule has 0 aromatic heterocycles. The average molecular weight is 325 g/mol. The van der Waals surface area contributed by atoms with Gasteiger partial charge in [-0.15, -0.1) is 0 Å². The predicted molar refractivity (Wildman–Crippen MR) is 97.0 cm³/mol. The normalized spacial score (nSPS) is 18.2. The van der Waals surface area contributed by atoms with Crippen molar-refractivity contribution in [3.8, 4) is 0 Å². The van der Waals surface area contributed by atoms with Gasteiger partial charge in [0.05, 0.1) is 19.3 Å². The minimum absolute atomic E-state index is 0.115. The molecule has 0 N–H and O–H groups in total. The summed E-state index contributed by atoms with van der Waals surface area (Å²) in [6, 6.07) is 21.7. The highest BCUT2D eigenvalue weighted by atomic mass is 16.5. The summed E-state index contributed by atoms with van der Waals surface area (Å²) < 4.78 is 11.7. The lowest BCUT2D eigenvalue weighted by Gasteiger charge is -2.36. The third-order valence-electron chi connectivity index (χ3n) is 4.65. The van der Waals surface area contributed by atoms with E-state index >= 15 is 0 Å². The van der Waals surface area contributed by atoms with Crippen LogP contribution in [0.15, 0.2) is 60.7 Å². The van der Waals surface area contributed by atoms with Crippen LogP contribution in [0.2, 0.25) is 0 Å². The molecule has 3 heteroatoms. The van der Waals surface area contributed by atoms with Crippen molar-refractivity contribution < 1.29 is 9.47 Å². The number of ether oxygens (including phenoxy) is 2. The van der Waals surface area contributed by atoms with Crippen molar-refractivity contribution in [3.05, 3.63) is 71.8 Å². The molecule has 1 fully saturated rings. The molecule has 3 nitrogen and oxygen atoms in total. The molecule has 2 unspecified atom stereocenters. The summed E-state index contributed by atoms with van der Waals surface area (Å²) in [5, 5.41) is 0. The summed E-state index contributed by atoms with van der Waals surface area (Å²) in [5.74, 6) is 0. The molecule has 2 aromatic rings. The fourth-order valence-electron chi connectivity index (χ4n) is 3.43. The minimum atomic E-state index is 0.115. The quantitative estimate of drug-likeness (QED) is 0.760. The molecule has 3 rings (SSSR count). The van der Waals surface area contributed by atoms with Gasteiger partial charge in [0.25, 0.3) is 0 Å². The number of rotatable bonds is 7. The smallest absolute Gasteiger partial charge is 0.0843 e. The van der Waals surface area contributed by atoms with Crippen LogP contribution in [0, 0.1) is 0 Å². The van der Waals surface area contributed by atoms with Crippen LogP contribution in [-0.4, -0.2) is 37.8 Å². The molecule has 0 saturated carbocycles. The summed E-state index contributed by atoms with van der Waals surface area (Å²) in [4.78, 5) is 2.54. The first kappa shape index (κ1) is 17.2. The third kappa shape index (κ3) is 4.44. The lowest BCUT2D eigenvalue weighted by Crippen LogP contribution is -2.39. The second-order valence-corrected chi connectivity index (χ2v) is 6.17. The molecule has 1 aliphatic heterocycles. The fourth-order valence-corrected chi connectivity index (χ4v) is 3.43. The van der Waals surface area contributed by atoms with Crippen molar-refractivity contribution in [2.24, 2.45) is 0 Å². The summed E-state index contributed by atoms with van der Waals surface area (Å²) in [7, 11) is 0. The summed E-state index contributed by atoms with van der Waals surface area (Å²) in [6.07, 6.45) is 1.08. The van der Waals surface area contributed by atoms with Gasteiger partial charge in [0.2, 0.25) is 0 Å². The lowest BCUT2D eigenvalue weighted by atomic mass is 9.95. The van der Waals surface area contributed by atoms with E-state index in [1.54, 1.807) is 0 Å². The van der Waals surface area contributed by atoms with Crippen LogP contribution in [0.4, 0.5) is 0 Å². The molecule has 1 aliphatic rings. The van der Waals surface area contributed by atoms with E-state index in [2.05, 4.69) is 72.5 Å². The zero-order chi connectivity index (χ0) is 16.6. The topological polar surface area (TPSA) is 21.7 Å². The van der Waals surface area contributed by atoms with Gasteiger partial charge in [-0.2, -0.15) is 0 Å². The van der Waals surface area contributed by atoms with Crippen LogP contribution < -0.4 is 0 Å². The SMILES string of the molecule is CCOC(CC(c1ccccc1)N1CCOCC1)c1ccccc1. The Morgan fingerprint density at radius 2 is 1.50 bits per heavy atom. The van der Waals surface area contributed by atoms with Gasteiger partial charge in [-0.05, 0) is 24.5 Å². The van der Waals surface area contributed by atoms with Gasteiger partial charge < -0.3 is 9.47 Å². The van der Waals surface area contributed by atoms with Crippen LogP contribution in [0.25, 0.3) is 0 Å². The number of hydrogen-bond donors (Lipinski definition) is 0. The first-order valence-electron chi connectivity index (χ1n) is 8.91. The van der Waals surface area contributed by atoms with Gasteiger partial charge in [-0.3, -0.25) is 4.90 Å². The van der Waals surface area contributed by atoms with Crippen molar-refractivity contribution >= 4 is 0 Å². The molecule has 128 valence electrons. The van der Waals surface area contributed by atoms with Crippen LogP contribution >= 0.6 is 0 Å². The number of nitrogens with zero attached hydrogens (tertiary/aromatic N) is 1. The Kier molecular flexibility index (Phi) is 6.41. The second kappa shape index (κ2) is 8.97. The Morgan fingerprint density at radius 3 is 2.08 bits per heavy atom. The molecular weight excluding hydrogens is 298 g/mol. The van der Waals surface area contributed by atoms with E-state index in [1.807, 2.05) is 0 Å². The van der Waals surface area contributed by atoms with Gasteiger partial charge in [0.1, 0.15) is 0 Å². The molecule has 2 atom stereocenters. The van der Waals surface area contributed by atoms with E-state index in [1.165, 1.54) is 11.1 Å². The highest BCUT2D eigenvalue weighted by Gasteiger charge is 2.26. The third-order valence-corrected chi connectivity index (χ3v) is 4.65. The van der Waals surface area contributed by atoms with E-state index < -0.39 is 0 Å². The number of hydrogen-bond acceptors (Lipinski definition) is 3. The molecule has 0 aliphatic carbocycles. The fraction of sp³-hybridized carbons (Fsp3) is 0.429. The Labute approximate surface area is 145 Å². The maximum absolute atomic E-state index is 6.11. The maximum atomic E-state index is 6.11. The standard InChI is InChI=1S/C21H27NO2/c1-2-24-21(19-11-7-4-8-12-19)17-20(18-9-5-3-6-10-18)22-13-15-23-16-14-22/h3-12,20-21H,2,13-17H2,1H3. The summed E-state index contributed by atoms with van der Waals surface area (Å²) in [6.45, 7) is 6.38. The van der Waals surface area contributed by atoms with Crippen LogP contribution in [0.3, 0.4) is 0 Å². The Balaban J connectivity index is 1.83. The van der Waals surface area contributed by atoms with E-state index in [0.717, 1.165) is 39.3 Å². The zero-order valence-electron chi connectivity index (χ0n) is 14.4. The Bertz CT molecular complexity index is 581. The predicted octanol–water partition coefficient (Wildman–Crippen LogP) is 4.23. The molecular formula is C21H27NO2. The molecule has 0 amide bonds. The highest BCUT2D eigenvalue weighted by Crippen LogP contribution is 2.33. The van der Waals surface area contributed by atoms with E-state index in [4.69, 9.17) is 9.47 Å². The summed E-state index contributed by atoms with van der Waals surface area (Å²) >= 11 is 0. The zero-order valence-corrected chi connectivity index (χ0v) is 14.4. The number of benzene rings is 2. The largest absolute Gasteiger partial charge is 0.379 e. The maximum Gasteiger partial charge on any atom is 0.0843 e. The first-order chi connectivity index (χ1) is 11.9. The Morgan fingerprint density at radius 1 is 0.917 bits per heavy atom.